The summed E-state index contributed by atoms with van der Waals surface area (Å²) in [6, 6.07) is 0. The van der Waals surface area contributed by atoms with Crippen LogP contribution in [0.1, 0.15) is 103 Å². The number of quaternary nitrogens is 1. The number of likely N-dealkylation sites (tertiary alicyclic amines) is 1. The minimum Gasteiger partial charge on any atom is -0.379 e. The van der Waals surface area contributed by atoms with E-state index in [0.29, 0.717) is 13.2 Å². The van der Waals surface area contributed by atoms with Gasteiger partial charge in [0.1, 0.15) is 18.8 Å². The number of hydrogen-bond donors (Lipinski definition) is 0. The van der Waals surface area contributed by atoms with Crippen molar-refractivity contribution >= 4 is 8.60 Å². The van der Waals surface area contributed by atoms with Crippen molar-refractivity contribution in [3.05, 3.63) is 0 Å². The minimum atomic E-state index is -1.33. The monoisotopic (exact) mass is 506 g/mol. The second kappa shape index (κ2) is 21.3. The van der Waals surface area contributed by atoms with Crippen molar-refractivity contribution in [3.8, 4) is 0 Å². The minimum absolute atomic E-state index is 0.0915. The van der Waals surface area contributed by atoms with Gasteiger partial charge in [-0.15, -0.1) is 0 Å². The van der Waals surface area contributed by atoms with Crippen molar-refractivity contribution in [3.63, 3.8) is 0 Å². The second-order valence-corrected chi connectivity index (χ2v) is 11.9. The third kappa shape index (κ3) is 17.6. The zero-order valence-corrected chi connectivity index (χ0v) is 24.1. The molecule has 1 aliphatic rings. The second-order valence-electron chi connectivity index (χ2n) is 10.6. The van der Waals surface area contributed by atoms with Gasteiger partial charge in [0.15, 0.2) is 0 Å². The molecular formula is C27H57NO5P+. The smallest absolute Gasteiger partial charge is 0.332 e. The van der Waals surface area contributed by atoms with Gasteiger partial charge >= 0.3 is 8.60 Å². The Labute approximate surface area is 213 Å². The van der Waals surface area contributed by atoms with E-state index in [1.807, 2.05) is 0 Å². The Balaban J connectivity index is 1.91. The summed E-state index contributed by atoms with van der Waals surface area (Å²) in [7, 11) is 6.48. The van der Waals surface area contributed by atoms with E-state index in [0.717, 1.165) is 37.0 Å². The van der Waals surface area contributed by atoms with E-state index in [1.165, 1.54) is 83.5 Å². The topological polar surface area (TPSA) is 46.2 Å². The molecule has 0 spiro atoms. The van der Waals surface area contributed by atoms with Crippen LogP contribution in [-0.4, -0.2) is 77.9 Å². The van der Waals surface area contributed by atoms with E-state index in [-0.39, 0.29) is 12.2 Å². The van der Waals surface area contributed by atoms with Gasteiger partial charge in [-0.05, 0) is 6.42 Å². The Kier molecular flexibility index (Phi) is 20.2. The lowest BCUT2D eigenvalue weighted by molar-refractivity contribution is -0.879. The molecule has 0 aromatic rings. The van der Waals surface area contributed by atoms with Crippen LogP contribution in [0.5, 0.6) is 0 Å². The molecule has 0 aromatic carbocycles. The van der Waals surface area contributed by atoms with E-state index >= 15 is 0 Å². The Morgan fingerprint density at radius 1 is 0.794 bits per heavy atom. The maximum absolute atomic E-state index is 6.03. The molecule has 6 nitrogen and oxygen atoms in total. The van der Waals surface area contributed by atoms with E-state index in [4.69, 9.17) is 23.0 Å². The molecule has 1 fully saturated rings. The van der Waals surface area contributed by atoms with E-state index < -0.39 is 8.60 Å². The lowest BCUT2D eigenvalue weighted by Gasteiger charge is -2.24. The number of nitrogens with zero attached hydrogens (tertiary/aromatic N) is 1. The van der Waals surface area contributed by atoms with Crippen LogP contribution < -0.4 is 0 Å². The number of unbranched alkanes of at least 4 members (excludes halogenated alkanes) is 13. The van der Waals surface area contributed by atoms with Crippen LogP contribution in [0.25, 0.3) is 0 Å². The molecule has 1 saturated heterocycles. The van der Waals surface area contributed by atoms with Gasteiger partial charge in [0.2, 0.25) is 0 Å². The molecule has 0 radical (unpaired) electrons. The summed E-state index contributed by atoms with van der Waals surface area (Å²) in [6.45, 7) is 6.19. The highest BCUT2D eigenvalue weighted by atomic mass is 31.2. The van der Waals surface area contributed by atoms with Gasteiger partial charge < -0.3 is 27.5 Å². The van der Waals surface area contributed by atoms with Crippen LogP contribution in [0.3, 0.4) is 0 Å². The number of ether oxygens (including phenoxy) is 2. The third-order valence-electron chi connectivity index (χ3n) is 6.78. The first-order valence-electron chi connectivity index (χ1n) is 14.1. The third-order valence-corrected chi connectivity index (χ3v) is 7.91. The molecule has 204 valence electrons. The molecule has 34 heavy (non-hydrogen) atoms. The largest absolute Gasteiger partial charge is 0.379 e. The average molecular weight is 507 g/mol. The van der Waals surface area contributed by atoms with E-state index in [9.17, 15) is 0 Å². The molecule has 1 aliphatic heterocycles. The molecule has 0 amide bonds. The van der Waals surface area contributed by atoms with Crippen molar-refractivity contribution in [2.24, 2.45) is 0 Å². The van der Waals surface area contributed by atoms with Gasteiger partial charge in [0.05, 0.1) is 33.9 Å². The predicted octanol–water partition coefficient (Wildman–Crippen LogP) is 7.25. The first-order chi connectivity index (χ1) is 16.5. The van der Waals surface area contributed by atoms with Crippen LogP contribution in [0.15, 0.2) is 0 Å². The number of hydrogen-bond acceptors (Lipinski definition) is 5. The molecule has 0 bridgehead atoms. The molecule has 3 atom stereocenters. The van der Waals surface area contributed by atoms with Gasteiger partial charge in [0, 0.05) is 27.2 Å². The summed E-state index contributed by atoms with van der Waals surface area (Å²) in [4.78, 5) is 0. The number of likely N-dealkylation sites (N-methyl/N-ethyl adjacent to an activating group) is 1. The molecule has 1 heterocycles. The van der Waals surface area contributed by atoms with Crippen molar-refractivity contribution in [2.75, 3.05) is 61.2 Å². The van der Waals surface area contributed by atoms with E-state index in [2.05, 4.69) is 21.0 Å². The predicted molar refractivity (Wildman–Crippen MR) is 143 cm³/mol. The molecule has 0 aromatic heterocycles. The van der Waals surface area contributed by atoms with Gasteiger partial charge in [-0.1, -0.05) is 90.4 Å². The first-order valence-corrected chi connectivity index (χ1v) is 15.2. The molecule has 7 heteroatoms. The van der Waals surface area contributed by atoms with Crippen molar-refractivity contribution < 1.29 is 27.5 Å². The summed E-state index contributed by atoms with van der Waals surface area (Å²) in [5.41, 5.74) is 0. The van der Waals surface area contributed by atoms with E-state index in [1.54, 1.807) is 14.2 Å². The molecule has 0 saturated carbocycles. The van der Waals surface area contributed by atoms with Crippen LogP contribution in [-0.2, 0) is 23.0 Å². The number of methoxy groups -OCH3 is 1. The Morgan fingerprint density at radius 2 is 1.35 bits per heavy atom. The lowest BCUT2D eigenvalue weighted by atomic mass is 10.0. The van der Waals surface area contributed by atoms with Crippen LogP contribution in [0.4, 0.5) is 0 Å². The quantitative estimate of drug-likeness (QED) is 0.0783. The maximum atomic E-state index is 6.03. The van der Waals surface area contributed by atoms with Gasteiger partial charge in [0.25, 0.3) is 0 Å². The fourth-order valence-electron chi connectivity index (χ4n) is 4.50. The van der Waals surface area contributed by atoms with Crippen LogP contribution in [0, 0.1) is 0 Å². The zero-order chi connectivity index (χ0) is 24.9. The lowest BCUT2D eigenvalue weighted by Crippen LogP contribution is -2.37. The molecule has 0 aliphatic carbocycles. The zero-order valence-electron chi connectivity index (χ0n) is 23.2. The molecule has 0 N–H and O–H groups in total. The summed E-state index contributed by atoms with van der Waals surface area (Å²) in [5, 5.41) is 0. The fourth-order valence-corrected chi connectivity index (χ4v) is 5.46. The highest BCUT2D eigenvalue weighted by Gasteiger charge is 2.34. The maximum Gasteiger partial charge on any atom is 0.332 e. The van der Waals surface area contributed by atoms with Crippen molar-refractivity contribution in [1.82, 2.24) is 0 Å². The summed E-state index contributed by atoms with van der Waals surface area (Å²) in [6.07, 6.45) is 20.4. The van der Waals surface area contributed by atoms with Crippen LogP contribution in [0.2, 0.25) is 0 Å². The normalized spacial score (nSPS) is 19.5. The summed E-state index contributed by atoms with van der Waals surface area (Å²) >= 11 is 0. The Hall–Kier alpha value is 0.190. The summed E-state index contributed by atoms with van der Waals surface area (Å²) < 4.78 is 29.7. The average Bonchev–Trinajstić information content (AvgIpc) is 3.17. The molecule has 1 rings (SSSR count). The SMILES string of the molecule is CCCCCCCCCCCCCCCCOCC(COP(OC)OC1CC[N+](C)(C)C1)OC. The Bertz CT molecular complexity index is 455. The fraction of sp³-hybridized carbons (Fsp3) is 1.00. The molecule has 3 unspecified atom stereocenters. The van der Waals surface area contributed by atoms with Crippen molar-refractivity contribution in [2.45, 2.75) is 115 Å². The molecular weight excluding hydrogens is 449 g/mol. The highest BCUT2D eigenvalue weighted by Crippen LogP contribution is 2.42. The highest BCUT2D eigenvalue weighted by molar-refractivity contribution is 7.41. The summed E-state index contributed by atoms with van der Waals surface area (Å²) in [5.74, 6) is 0. The first kappa shape index (κ1) is 32.2. The van der Waals surface area contributed by atoms with Crippen LogP contribution >= 0.6 is 8.60 Å². The van der Waals surface area contributed by atoms with Gasteiger partial charge in [-0.3, -0.25) is 0 Å². The number of rotatable bonds is 24. The standard InChI is InChI=1S/C27H57NO5P/c1-6-7-8-9-10-11-12-13-14-15-16-17-18-19-22-31-24-27(29-4)25-32-34(30-5)33-26-20-21-28(2,3)23-26/h26-27H,6-25H2,1-5H3/q+1. The van der Waals surface area contributed by atoms with Crippen molar-refractivity contribution in [1.29, 1.82) is 0 Å². The van der Waals surface area contributed by atoms with Gasteiger partial charge in [-0.25, -0.2) is 0 Å². The van der Waals surface area contributed by atoms with Gasteiger partial charge in [-0.2, -0.15) is 0 Å². The Morgan fingerprint density at radius 3 is 1.82 bits per heavy atom.